The van der Waals surface area contributed by atoms with Crippen LogP contribution in [0.2, 0.25) is 0 Å². The summed E-state index contributed by atoms with van der Waals surface area (Å²) in [6, 6.07) is 18.3. The minimum Gasteiger partial charge on any atom is -0.457 e. The van der Waals surface area contributed by atoms with E-state index in [-0.39, 0.29) is 0 Å². The van der Waals surface area contributed by atoms with Crippen molar-refractivity contribution in [3.63, 3.8) is 0 Å². The molecule has 0 aliphatic carbocycles. The molecule has 2 heteroatoms. The molecule has 1 aliphatic rings. The second kappa shape index (κ2) is 5.23. The molecule has 0 amide bonds. The highest BCUT2D eigenvalue weighted by molar-refractivity contribution is 5.34. The zero-order chi connectivity index (χ0) is 12.2. The van der Waals surface area contributed by atoms with Gasteiger partial charge in [-0.15, -0.1) is 0 Å². The van der Waals surface area contributed by atoms with E-state index in [1.54, 1.807) is 0 Å². The summed E-state index contributed by atoms with van der Waals surface area (Å²) >= 11 is 0. The van der Waals surface area contributed by atoms with Crippen molar-refractivity contribution >= 4 is 0 Å². The van der Waals surface area contributed by atoms with Gasteiger partial charge < -0.3 is 10.1 Å². The lowest BCUT2D eigenvalue weighted by Crippen LogP contribution is -2.07. The zero-order valence-corrected chi connectivity index (χ0v) is 10.3. The monoisotopic (exact) mass is 239 g/mol. The lowest BCUT2D eigenvalue weighted by Gasteiger charge is -2.10. The molecule has 92 valence electrons. The number of para-hydroxylation sites is 1. The van der Waals surface area contributed by atoms with Gasteiger partial charge in [-0.25, -0.2) is 0 Å². The van der Waals surface area contributed by atoms with Crippen LogP contribution in [-0.2, 0) is 0 Å². The van der Waals surface area contributed by atoms with Crippen molar-refractivity contribution in [1.82, 2.24) is 5.32 Å². The molecule has 1 aliphatic heterocycles. The maximum absolute atomic E-state index is 5.78. The smallest absolute Gasteiger partial charge is 0.127 e. The topological polar surface area (TPSA) is 21.3 Å². The first kappa shape index (κ1) is 11.3. The Bertz CT molecular complexity index is 486. The number of hydrogen-bond donors (Lipinski definition) is 1. The van der Waals surface area contributed by atoms with Crippen LogP contribution in [0.15, 0.2) is 54.6 Å². The number of nitrogens with one attached hydrogen (secondary N) is 1. The van der Waals surface area contributed by atoms with E-state index in [4.69, 9.17) is 4.74 Å². The SMILES string of the molecule is c1ccc(Oc2ccc(C3CCNC3)cc2)cc1. The summed E-state index contributed by atoms with van der Waals surface area (Å²) in [5.41, 5.74) is 1.40. The molecule has 2 aromatic rings. The second-order valence-electron chi connectivity index (χ2n) is 4.67. The standard InChI is InChI=1S/C16H17NO/c1-2-4-15(5-3-1)18-16-8-6-13(7-9-16)14-10-11-17-12-14/h1-9,14,17H,10-12H2. The molecule has 1 heterocycles. The molecule has 0 saturated carbocycles. The molecule has 3 rings (SSSR count). The van der Waals surface area contributed by atoms with Crippen molar-refractivity contribution in [3.05, 3.63) is 60.2 Å². The van der Waals surface area contributed by atoms with Crippen LogP contribution >= 0.6 is 0 Å². The fourth-order valence-electron chi connectivity index (χ4n) is 2.37. The third-order valence-corrected chi connectivity index (χ3v) is 3.39. The van der Waals surface area contributed by atoms with E-state index >= 15 is 0 Å². The lowest BCUT2D eigenvalue weighted by molar-refractivity contribution is 0.482. The predicted octanol–water partition coefficient (Wildman–Crippen LogP) is 3.56. The molecule has 1 unspecified atom stereocenters. The van der Waals surface area contributed by atoms with Crippen LogP contribution in [0.25, 0.3) is 0 Å². The van der Waals surface area contributed by atoms with E-state index in [2.05, 4.69) is 29.6 Å². The summed E-state index contributed by atoms with van der Waals surface area (Å²) in [6.45, 7) is 2.23. The summed E-state index contributed by atoms with van der Waals surface area (Å²) in [5.74, 6) is 2.44. The molecule has 0 spiro atoms. The first-order chi connectivity index (χ1) is 8.92. The molecule has 0 bridgehead atoms. The van der Waals surface area contributed by atoms with Crippen molar-refractivity contribution < 1.29 is 4.74 Å². The Labute approximate surface area is 108 Å². The third kappa shape index (κ3) is 2.54. The first-order valence-corrected chi connectivity index (χ1v) is 6.45. The van der Waals surface area contributed by atoms with E-state index in [1.807, 2.05) is 30.3 Å². The van der Waals surface area contributed by atoms with Crippen LogP contribution in [0.1, 0.15) is 17.9 Å². The largest absolute Gasteiger partial charge is 0.457 e. The van der Waals surface area contributed by atoms with Gasteiger partial charge in [-0.05, 0) is 48.7 Å². The van der Waals surface area contributed by atoms with Crippen LogP contribution in [-0.4, -0.2) is 13.1 Å². The van der Waals surface area contributed by atoms with Crippen LogP contribution in [0, 0.1) is 0 Å². The predicted molar refractivity (Wildman–Crippen MR) is 73.2 cm³/mol. The lowest BCUT2D eigenvalue weighted by atomic mass is 9.98. The summed E-state index contributed by atoms with van der Waals surface area (Å²) in [6.07, 6.45) is 1.24. The fraction of sp³-hybridized carbons (Fsp3) is 0.250. The van der Waals surface area contributed by atoms with E-state index < -0.39 is 0 Å². The number of ether oxygens (including phenoxy) is 1. The molecule has 2 aromatic carbocycles. The van der Waals surface area contributed by atoms with Crippen molar-refractivity contribution in [1.29, 1.82) is 0 Å². The highest BCUT2D eigenvalue weighted by atomic mass is 16.5. The average Bonchev–Trinajstić information content (AvgIpc) is 2.95. The van der Waals surface area contributed by atoms with E-state index in [0.29, 0.717) is 5.92 Å². The molecule has 1 fully saturated rings. The Kier molecular flexibility index (Phi) is 3.29. The first-order valence-electron chi connectivity index (χ1n) is 6.45. The molecule has 2 nitrogen and oxygen atoms in total. The maximum Gasteiger partial charge on any atom is 0.127 e. The van der Waals surface area contributed by atoms with Crippen LogP contribution in [0.4, 0.5) is 0 Å². The number of benzene rings is 2. The molecular formula is C16H17NO. The Balaban J connectivity index is 1.71. The van der Waals surface area contributed by atoms with Gasteiger partial charge in [-0.2, -0.15) is 0 Å². The summed E-state index contributed by atoms with van der Waals surface area (Å²) in [7, 11) is 0. The summed E-state index contributed by atoms with van der Waals surface area (Å²) in [4.78, 5) is 0. The summed E-state index contributed by atoms with van der Waals surface area (Å²) < 4.78 is 5.78. The molecule has 18 heavy (non-hydrogen) atoms. The van der Waals surface area contributed by atoms with Gasteiger partial charge in [-0.3, -0.25) is 0 Å². The van der Waals surface area contributed by atoms with Crippen molar-refractivity contribution in [2.45, 2.75) is 12.3 Å². The zero-order valence-electron chi connectivity index (χ0n) is 10.3. The van der Waals surface area contributed by atoms with Gasteiger partial charge in [0.2, 0.25) is 0 Å². The minimum atomic E-state index is 0.663. The van der Waals surface area contributed by atoms with Gasteiger partial charge in [0.25, 0.3) is 0 Å². The van der Waals surface area contributed by atoms with Crippen LogP contribution in [0.5, 0.6) is 11.5 Å². The van der Waals surface area contributed by atoms with Gasteiger partial charge in [0.15, 0.2) is 0 Å². The normalized spacial score (nSPS) is 18.8. The molecular weight excluding hydrogens is 222 g/mol. The van der Waals surface area contributed by atoms with Gasteiger partial charge >= 0.3 is 0 Å². The molecule has 1 saturated heterocycles. The van der Waals surface area contributed by atoms with Gasteiger partial charge in [0, 0.05) is 6.54 Å². The van der Waals surface area contributed by atoms with Crippen molar-refractivity contribution in [2.75, 3.05) is 13.1 Å². The quantitative estimate of drug-likeness (QED) is 0.884. The average molecular weight is 239 g/mol. The van der Waals surface area contributed by atoms with E-state index in [9.17, 15) is 0 Å². The fourth-order valence-corrected chi connectivity index (χ4v) is 2.37. The van der Waals surface area contributed by atoms with E-state index in [1.165, 1.54) is 12.0 Å². The third-order valence-electron chi connectivity index (χ3n) is 3.39. The van der Waals surface area contributed by atoms with Crippen molar-refractivity contribution in [3.8, 4) is 11.5 Å². The highest BCUT2D eigenvalue weighted by Crippen LogP contribution is 2.26. The van der Waals surface area contributed by atoms with Crippen molar-refractivity contribution in [2.24, 2.45) is 0 Å². The Morgan fingerprint density at radius 3 is 2.28 bits per heavy atom. The number of hydrogen-bond acceptors (Lipinski definition) is 2. The molecule has 1 atom stereocenters. The van der Waals surface area contributed by atoms with Crippen LogP contribution in [0.3, 0.4) is 0 Å². The maximum atomic E-state index is 5.78. The Morgan fingerprint density at radius 1 is 0.889 bits per heavy atom. The minimum absolute atomic E-state index is 0.663. The molecule has 0 aromatic heterocycles. The highest BCUT2D eigenvalue weighted by Gasteiger charge is 2.16. The molecule has 1 N–H and O–H groups in total. The van der Waals surface area contributed by atoms with Gasteiger partial charge in [0.1, 0.15) is 11.5 Å². The Hall–Kier alpha value is -1.80. The van der Waals surface area contributed by atoms with Crippen LogP contribution < -0.4 is 10.1 Å². The number of rotatable bonds is 3. The molecule has 0 radical (unpaired) electrons. The van der Waals surface area contributed by atoms with E-state index in [0.717, 1.165) is 24.6 Å². The summed E-state index contributed by atoms with van der Waals surface area (Å²) in [5, 5.41) is 3.39. The van der Waals surface area contributed by atoms with Gasteiger partial charge in [-0.1, -0.05) is 30.3 Å². The van der Waals surface area contributed by atoms with Gasteiger partial charge in [0.05, 0.1) is 0 Å². The second-order valence-corrected chi connectivity index (χ2v) is 4.67. The Morgan fingerprint density at radius 2 is 1.61 bits per heavy atom.